The lowest BCUT2D eigenvalue weighted by Gasteiger charge is -2.38. The Morgan fingerprint density at radius 3 is 2.41 bits per heavy atom. The Hall–Kier alpha value is -2.84. The first-order valence-electron chi connectivity index (χ1n) is 13.1. The Labute approximate surface area is 222 Å². The largest absolute Gasteiger partial charge is 0.396 e. The molecule has 3 aliphatic heterocycles. The van der Waals surface area contributed by atoms with E-state index in [0.717, 1.165) is 23.2 Å². The Bertz CT molecular complexity index is 1180. The number of hydrogen-bond acceptors (Lipinski definition) is 5. The number of amides is 3. The fraction of sp³-hybridized carbons (Fsp3) is 0.483. The molecule has 8 heteroatoms. The van der Waals surface area contributed by atoms with E-state index in [2.05, 4.69) is 17.6 Å². The molecule has 3 amide bonds. The van der Waals surface area contributed by atoms with Crippen LogP contribution in [0.5, 0.6) is 0 Å². The number of hydrogen-bond donors (Lipinski definition) is 3. The van der Waals surface area contributed by atoms with Crippen LogP contribution in [-0.2, 0) is 14.4 Å². The summed E-state index contributed by atoms with van der Waals surface area (Å²) in [5.41, 5.74) is 3.42. The summed E-state index contributed by atoms with van der Waals surface area (Å²) in [4.78, 5) is 43.4. The number of aliphatic hydroxyl groups excluding tert-OH is 1. The van der Waals surface area contributed by atoms with Gasteiger partial charge in [-0.1, -0.05) is 43.3 Å². The third-order valence-corrected chi connectivity index (χ3v) is 10.5. The van der Waals surface area contributed by atoms with E-state index in [1.165, 1.54) is 0 Å². The summed E-state index contributed by atoms with van der Waals surface area (Å²) in [5, 5.41) is 15.5. The Morgan fingerprint density at radius 2 is 1.73 bits per heavy atom. The molecule has 3 N–H and O–H groups in total. The van der Waals surface area contributed by atoms with Crippen molar-refractivity contribution in [1.82, 2.24) is 4.90 Å². The van der Waals surface area contributed by atoms with Crippen LogP contribution in [0.3, 0.4) is 0 Å². The van der Waals surface area contributed by atoms with Gasteiger partial charge in [-0.3, -0.25) is 14.4 Å². The minimum Gasteiger partial charge on any atom is -0.396 e. The van der Waals surface area contributed by atoms with Crippen LogP contribution in [0.4, 0.5) is 11.4 Å². The molecule has 1 spiro atoms. The van der Waals surface area contributed by atoms with Gasteiger partial charge < -0.3 is 20.6 Å². The summed E-state index contributed by atoms with van der Waals surface area (Å²) in [6.45, 7) is 6.46. The predicted molar refractivity (Wildman–Crippen MR) is 146 cm³/mol. The first-order valence-corrected chi connectivity index (χ1v) is 14.0. The smallest absolute Gasteiger partial charge is 0.248 e. The molecule has 3 heterocycles. The van der Waals surface area contributed by atoms with E-state index in [4.69, 9.17) is 0 Å². The number of carbonyl (C=O) groups excluding carboxylic acids is 3. The van der Waals surface area contributed by atoms with Gasteiger partial charge in [0, 0.05) is 29.8 Å². The van der Waals surface area contributed by atoms with Crippen LogP contribution in [0.2, 0.25) is 0 Å². The van der Waals surface area contributed by atoms with Crippen LogP contribution in [0, 0.1) is 31.6 Å². The number of para-hydroxylation sites is 2. The number of anilines is 2. The highest BCUT2D eigenvalue weighted by molar-refractivity contribution is 8.02. The number of benzene rings is 2. The van der Waals surface area contributed by atoms with Gasteiger partial charge in [-0.15, -0.1) is 11.8 Å². The van der Waals surface area contributed by atoms with Crippen LogP contribution in [0.1, 0.15) is 37.3 Å². The van der Waals surface area contributed by atoms with Crippen molar-refractivity contribution in [2.24, 2.45) is 17.8 Å². The first-order chi connectivity index (χ1) is 17.8. The molecule has 0 aliphatic carbocycles. The second-order valence-electron chi connectivity index (χ2n) is 10.6. The summed E-state index contributed by atoms with van der Waals surface area (Å²) in [7, 11) is 0. The molecule has 3 saturated heterocycles. The van der Waals surface area contributed by atoms with Gasteiger partial charge in [-0.25, -0.2) is 0 Å². The van der Waals surface area contributed by atoms with Gasteiger partial charge in [-0.2, -0.15) is 0 Å². The van der Waals surface area contributed by atoms with Crippen molar-refractivity contribution in [2.75, 3.05) is 23.8 Å². The van der Waals surface area contributed by atoms with Crippen molar-refractivity contribution in [3.8, 4) is 0 Å². The minimum atomic E-state index is -0.678. The second-order valence-corrected chi connectivity index (χ2v) is 12.2. The summed E-state index contributed by atoms with van der Waals surface area (Å²) in [6, 6.07) is 14.5. The van der Waals surface area contributed by atoms with Crippen molar-refractivity contribution in [3.63, 3.8) is 0 Å². The normalized spacial score (nSPS) is 29.9. The molecule has 3 unspecified atom stereocenters. The van der Waals surface area contributed by atoms with Crippen LogP contribution >= 0.6 is 11.8 Å². The van der Waals surface area contributed by atoms with Crippen molar-refractivity contribution in [3.05, 3.63) is 59.7 Å². The quantitative estimate of drug-likeness (QED) is 0.457. The van der Waals surface area contributed by atoms with Crippen molar-refractivity contribution in [1.29, 1.82) is 0 Å². The van der Waals surface area contributed by atoms with Gasteiger partial charge in [0.15, 0.2) is 0 Å². The van der Waals surface area contributed by atoms with E-state index >= 15 is 0 Å². The maximum absolute atomic E-state index is 14.1. The zero-order chi connectivity index (χ0) is 26.3. The number of rotatable bonds is 8. The Kier molecular flexibility index (Phi) is 7.07. The Morgan fingerprint density at radius 1 is 1.03 bits per heavy atom. The average molecular weight is 522 g/mol. The molecule has 2 aromatic carbocycles. The van der Waals surface area contributed by atoms with Gasteiger partial charge in [0.2, 0.25) is 17.7 Å². The maximum atomic E-state index is 14.1. The average Bonchev–Trinajstić information content (AvgIpc) is 3.46. The van der Waals surface area contributed by atoms with Crippen LogP contribution in [0.25, 0.3) is 0 Å². The van der Waals surface area contributed by atoms with E-state index in [9.17, 15) is 19.5 Å². The number of thioether (sulfide) groups is 1. The SMILES string of the molecule is Cc1cccc(C)c1NC(=O)C1N(CCCCO)C(=O)[C@@H]2[C@H](C(=O)Nc3ccccc3)[C@@H]3CC(C)C12S3. The maximum Gasteiger partial charge on any atom is 0.248 e. The summed E-state index contributed by atoms with van der Waals surface area (Å²) < 4.78 is -0.666. The van der Waals surface area contributed by atoms with E-state index in [0.29, 0.717) is 25.1 Å². The molecular formula is C29H35N3O4S. The van der Waals surface area contributed by atoms with Crippen molar-refractivity contribution < 1.29 is 19.5 Å². The minimum absolute atomic E-state index is 0.0113. The lowest BCUT2D eigenvalue weighted by molar-refractivity contribution is -0.138. The third kappa shape index (κ3) is 4.24. The van der Waals surface area contributed by atoms with E-state index in [1.807, 2.05) is 62.4 Å². The predicted octanol–water partition coefficient (Wildman–Crippen LogP) is 3.99. The van der Waals surface area contributed by atoms with Crippen LogP contribution in [0.15, 0.2) is 48.5 Å². The number of fused-ring (bicyclic) bond motifs is 1. The molecule has 7 nitrogen and oxygen atoms in total. The fourth-order valence-electron chi connectivity index (χ4n) is 6.70. The number of nitrogens with zero attached hydrogens (tertiary/aromatic N) is 1. The fourth-order valence-corrected chi connectivity index (χ4v) is 9.13. The molecule has 2 aromatic rings. The van der Waals surface area contributed by atoms with Gasteiger partial charge in [-0.05, 0) is 62.3 Å². The molecule has 196 valence electrons. The Balaban J connectivity index is 1.50. The topological polar surface area (TPSA) is 98.7 Å². The highest BCUT2D eigenvalue weighted by Gasteiger charge is 2.75. The molecule has 3 aliphatic rings. The van der Waals surface area contributed by atoms with Crippen molar-refractivity contribution >= 4 is 40.9 Å². The number of likely N-dealkylation sites (tertiary alicyclic amines) is 1. The number of nitrogens with one attached hydrogen (secondary N) is 2. The monoisotopic (exact) mass is 521 g/mol. The molecule has 0 saturated carbocycles. The molecule has 3 fully saturated rings. The summed E-state index contributed by atoms with van der Waals surface area (Å²) in [6.07, 6.45) is 1.94. The van der Waals surface area contributed by atoms with E-state index < -0.39 is 22.6 Å². The number of aryl methyl sites for hydroxylation is 2. The second kappa shape index (κ2) is 10.1. The number of unbranched alkanes of at least 4 members (excludes halogenated alkanes) is 1. The van der Waals surface area contributed by atoms with Crippen LogP contribution in [-0.4, -0.2) is 56.9 Å². The van der Waals surface area contributed by atoms with Gasteiger partial charge >= 0.3 is 0 Å². The molecule has 6 atom stereocenters. The van der Waals surface area contributed by atoms with Gasteiger partial charge in [0.25, 0.3) is 0 Å². The molecule has 0 radical (unpaired) electrons. The molecular weight excluding hydrogens is 486 g/mol. The lowest BCUT2D eigenvalue weighted by atomic mass is 9.66. The van der Waals surface area contributed by atoms with Crippen molar-refractivity contribution in [2.45, 2.75) is 56.1 Å². The molecule has 2 bridgehead atoms. The lowest BCUT2D eigenvalue weighted by Crippen LogP contribution is -2.55. The van der Waals surface area contributed by atoms with Gasteiger partial charge in [0.1, 0.15) is 6.04 Å². The number of carbonyl (C=O) groups is 3. The zero-order valence-corrected chi connectivity index (χ0v) is 22.4. The zero-order valence-electron chi connectivity index (χ0n) is 21.6. The molecule has 5 rings (SSSR count). The highest BCUT2D eigenvalue weighted by Crippen LogP contribution is 2.68. The number of aliphatic hydroxyl groups is 1. The molecule has 0 aromatic heterocycles. The third-order valence-electron chi connectivity index (χ3n) is 8.37. The van der Waals surface area contributed by atoms with E-state index in [1.54, 1.807) is 16.7 Å². The van der Waals surface area contributed by atoms with Crippen LogP contribution < -0.4 is 10.6 Å². The standard InChI is InChI=1S/C29H35N3O4S/c1-17-10-9-11-18(2)24(17)31-27(35)25-29-19(3)16-21(37-29)22(26(34)30-20-12-5-4-6-13-20)23(29)28(36)32(25)14-7-8-15-33/h4-6,9-13,19,21-23,25,33H,7-8,14-16H2,1-3H3,(H,30,34)(H,31,35)/t19?,21-,22+,23-,25?,29?/m0/s1. The summed E-state index contributed by atoms with van der Waals surface area (Å²) in [5.74, 6) is -1.41. The first kappa shape index (κ1) is 25.8. The molecule has 37 heavy (non-hydrogen) atoms. The van der Waals surface area contributed by atoms with Gasteiger partial charge in [0.05, 0.1) is 16.6 Å². The highest BCUT2D eigenvalue weighted by atomic mass is 32.2. The van der Waals surface area contributed by atoms with E-state index in [-0.39, 0.29) is 35.5 Å². The summed E-state index contributed by atoms with van der Waals surface area (Å²) >= 11 is 1.67.